The van der Waals surface area contributed by atoms with Crippen LogP contribution in [0.3, 0.4) is 0 Å². The van der Waals surface area contributed by atoms with Gasteiger partial charge < -0.3 is 0 Å². The number of aryl methyl sites for hydroxylation is 1. The van der Waals surface area contributed by atoms with E-state index in [2.05, 4.69) is 9.97 Å². The standard InChI is InChI=1S/C10H14N2/c1(2-9-4-5-9)3-10-6-7-11-8-12-10/h6-9H,1-5H2. The fourth-order valence-electron chi connectivity index (χ4n) is 1.44. The van der Waals surface area contributed by atoms with Crippen LogP contribution in [-0.4, -0.2) is 9.97 Å². The molecule has 1 heterocycles. The number of nitrogens with zero attached hydrogens (tertiary/aromatic N) is 2. The monoisotopic (exact) mass is 162 g/mol. The van der Waals surface area contributed by atoms with E-state index >= 15 is 0 Å². The van der Waals surface area contributed by atoms with Crippen molar-refractivity contribution in [2.24, 2.45) is 5.92 Å². The predicted molar refractivity (Wildman–Crippen MR) is 47.7 cm³/mol. The third kappa shape index (κ3) is 2.29. The van der Waals surface area contributed by atoms with Crippen molar-refractivity contribution in [2.75, 3.05) is 0 Å². The van der Waals surface area contributed by atoms with E-state index in [0.29, 0.717) is 0 Å². The number of hydrogen-bond acceptors (Lipinski definition) is 2. The smallest absolute Gasteiger partial charge is 0.115 e. The van der Waals surface area contributed by atoms with Gasteiger partial charge in [0, 0.05) is 11.9 Å². The zero-order chi connectivity index (χ0) is 8.23. The van der Waals surface area contributed by atoms with Crippen LogP contribution in [0.4, 0.5) is 0 Å². The first-order valence-electron chi connectivity index (χ1n) is 4.70. The molecular formula is C10H14N2. The highest BCUT2D eigenvalue weighted by atomic mass is 14.8. The SMILES string of the molecule is c1cc(CCCC2CC2)ncn1. The van der Waals surface area contributed by atoms with Crippen LogP contribution in [-0.2, 0) is 6.42 Å². The van der Waals surface area contributed by atoms with E-state index in [-0.39, 0.29) is 0 Å². The minimum atomic E-state index is 1.05. The molecule has 1 aromatic rings. The molecule has 0 aromatic carbocycles. The summed E-state index contributed by atoms with van der Waals surface area (Å²) in [6.07, 6.45) is 10.2. The Bertz CT molecular complexity index is 229. The van der Waals surface area contributed by atoms with Gasteiger partial charge in [0.15, 0.2) is 0 Å². The van der Waals surface area contributed by atoms with Crippen LogP contribution in [0.2, 0.25) is 0 Å². The maximum Gasteiger partial charge on any atom is 0.115 e. The molecule has 1 aliphatic carbocycles. The molecule has 0 atom stereocenters. The first-order chi connectivity index (χ1) is 5.95. The second-order valence-electron chi connectivity index (χ2n) is 3.54. The van der Waals surface area contributed by atoms with Crippen molar-refractivity contribution in [1.29, 1.82) is 0 Å². The molecule has 0 radical (unpaired) electrons. The fourth-order valence-corrected chi connectivity index (χ4v) is 1.44. The predicted octanol–water partition coefficient (Wildman–Crippen LogP) is 2.21. The highest BCUT2D eigenvalue weighted by Crippen LogP contribution is 2.33. The van der Waals surface area contributed by atoms with Crippen LogP contribution < -0.4 is 0 Å². The normalized spacial score (nSPS) is 16.3. The van der Waals surface area contributed by atoms with Crippen molar-refractivity contribution in [3.8, 4) is 0 Å². The van der Waals surface area contributed by atoms with Gasteiger partial charge in [-0.05, 0) is 24.8 Å². The second kappa shape index (κ2) is 3.65. The first-order valence-corrected chi connectivity index (χ1v) is 4.70. The quantitative estimate of drug-likeness (QED) is 0.678. The molecule has 0 aliphatic heterocycles. The lowest BCUT2D eigenvalue weighted by molar-refractivity contribution is 0.658. The van der Waals surface area contributed by atoms with E-state index in [1.165, 1.54) is 31.4 Å². The highest BCUT2D eigenvalue weighted by molar-refractivity contribution is 4.97. The van der Waals surface area contributed by atoms with Crippen molar-refractivity contribution in [1.82, 2.24) is 9.97 Å². The van der Waals surface area contributed by atoms with Gasteiger partial charge in [-0.25, -0.2) is 9.97 Å². The summed E-state index contributed by atoms with van der Waals surface area (Å²) >= 11 is 0. The third-order valence-corrected chi connectivity index (χ3v) is 2.39. The molecule has 0 amide bonds. The van der Waals surface area contributed by atoms with Crippen LogP contribution in [0.1, 0.15) is 31.4 Å². The van der Waals surface area contributed by atoms with Crippen molar-refractivity contribution in [3.05, 3.63) is 24.3 Å². The molecule has 0 saturated heterocycles. The molecule has 1 saturated carbocycles. The highest BCUT2D eigenvalue weighted by Gasteiger charge is 2.19. The average molecular weight is 162 g/mol. The minimum Gasteiger partial charge on any atom is -0.245 e. The van der Waals surface area contributed by atoms with Gasteiger partial charge in [0.05, 0.1) is 0 Å². The lowest BCUT2D eigenvalue weighted by Gasteiger charge is -1.97. The number of rotatable bonds is 4. The number of hydrogen-bond donors (Lipinski definition) is 0. The lowest BCUT2D eigenvalue weighted by Crippen LogP contribution is -1.90. The van der Waals surface area contributed by atoms with Gasteiger partial charge >= 0.3 is 0 Å². The van der Waals surface area contributed by atoms with Crippen LogP contribution in [0.15, 0.2) is 18.6 Å². The van der Waals surface area contributed by atoms with E-state index in [9.17, 15) is 0 Å². The maximum atomic E-state index is 4.18. The zero-order valence-electron chi connectivity index (χ0n) is 7.24. The summed E-state index contributed by atoms with van der Waals surface area (Å²) in [4.78, 5) is 8.07. The van der Waals surface area contributed by atoms with Crippen molar-refractivity contribution in [2.45, 2.75) is 32.1 Å². The molecule has 2 nitrogen and oxygen atoms in total. The Balaban J connectivity index is 1.72. The van der Waals surface area contributed by atoms with Gasteiger partial charge in [0.1, 0.15) is 6.33 Å². The zero-order valence-corrected chi connectivity index (χ0v) is 7.24. The summed E-state index contributed by atoms with van der Waals surface area (Å²) in [6, 6.07) is 2.01. The third-order valence-electron chi connectivity index (χ3n) is 2.39. The fraction of sp³-hybridized carbons (Fsp3) is 0.600. The van der Waals surface area contributed by atoms with Crippen LogP contribution in [0.5, 0.6) is 0 Å². The maximum absolute atomic E-state index is 4.18. The summed E-state index contributed by atoms with van der Waals surface area (Å²) in [6.45, 7) is 0. The Hall–Kier alpha value is -0.920. The minimum absolute atomic E-state index is 1.05. The number of aromatic nitrogens is 2. The Morgan fingerprint density at radius 3 is 3.00 bits per heavy atom. The first kappa shape index (κ1) is 7.71. The Morgan fingerprint density at radius 2 is 2.33 bits per heavy atom. The van der Waals surface area contributed by atoms with Gasteiger partial charge in [-0.2, -0.15) is 0 Å². The van der Waals surface area contributed by atoms with Gasteiger partial charge in [0.25, 0.3) is 0 Å². The van der Waals surface area contributed by atoms with Gasteiger partial charge in [0.2, 0.25) is 0 Å². The Morgan fingerprint density at radius 1 is 1.42 bits per heavy atom. The molecule has 64 valence electrons. The van der Waals surface area contributed by atoms with Crippen LogP contribution in [0.25, 0.3) is 0 Å². The Labute approximate surface area is 73.1 Å². The van der Waals surface area contributed by atoms with E-state index in [0.717, 1.165) is 12.3 Å². The van der Waals surface area contributed by atoms with Gasteiger partial charge in [-0.1, -0.05) is 19.3 Å². The largest absolute Gasteiger partial charge is 0.245 e. The molecule has 1 fully saturated rings. The van der Waals surface area contributed by atoms with Crippen molar-refractivity contribution < 1.29 is 0 Å². The van der Waals surface area contributed by atoms with E-state index in [1.807, 2.05) is 12.3 Å². The van der Waals surface area contributed by atoms with Crippen LogP contribution >= 0.6 is 0 Å². The Kier molecular flexibility index (Phi) is 2.35. The molecule has 2 rings (SSSR count). The summed E-state index contributed by atoms with van der Waals surface area (Å²) < 4.78 is 0. The van der Waals surface area contributed by atoms with Crippen molar-refractivity contribution >= 4 is 0 Å². The molecule has 1 aliphatic rings. The van der Waals surface area contributed by atoms with Crippen LogP contribution in [0, 0.1) is 5.92 Å². The molecule has 12 heavy (non-hydrogen) atoms. The van der Waals surface area contributed by atoms with E-state index in [1.54, 1.807) is 6.33 Å². The summed E-state index contributed by atoms with van der Waals surface area (Å²) in [5, 5.41) is 0. The molecular weight excluding hydrogens is 148 g/mol. The topological polar surface area (TPSA) is 25.8 Å². The van der Waals surface area contributed by atoms with Gasteiger partial charge in [-0.3, -0.25) is 0 Å². The summed E-state index contributed by atoms with van der Waals surface area (Å²) in [5.74, 6) is 1.05. The van der Waals surface area contributed by atoms with Gasteiger partial charge in [-0.15, -0.1) is 0 Å². The lowest BCUT2D eigenvalue weighted by atomic mass is 10.1. The second-order valence-corrected chi connectivity index (χ2v) is 3.54. The summed E-state index contributed by atoms with van der Waals surface area (Å²) in [5.41, 5.74) is 1.19. The van der Waals surface area contributed by atoms with E-state index in [4.69, 9.17) is 0 Å². The molecule has 0 spiro atoms. The van der Waals surface area contributed by atoms with Crippen molar-refractivity contribution in [3.63, 3.8) is 0 Å². The molecule has 0 bridgehead atoms. The van der Waals surface area contributed by atoms with E-state index < -0.39 is 0 Å². The molecule has 0 unspecified atom stereocenters. The average Bonchev–Trinajstić information content (AvgIpc) is 2.90. The molecule has 0 N–H and O–H groups in total. The molecule has 2 heteroatoms. The molecule has 1 aromatic heterocycles. The summed E-state index contributed by atoms with van der Waals surface area (Å²) in [7, 11) is 0.